The Labute approximate surface area is 254 Å². The average Bonchev–Trinajstić information content (AvgIpc) is 3.73. The predicted octanol–water partition coefficient (Wildman–Crippen LogP) is 6.48. The van der Waals surface area contributed by atoms with Gasteiger partial charge in [0, 0.05) is 59.2 Å². The Morgan fingerprint density at radius 2 is 1.66 bits per heavy atom. The molecule has 0 radical (unpaired) electrons. The second kappa shape index (κ2) is 11.1. The van der Waals surface area contributed by atoms with Crippen molar-refractivity contribution in [1.29, 1.82) is 0 Å². The van der Waals surface area contributed by atoms with Gasteiger partial charge in [-0.1, -0.05) is 54.6 Å². The molecule has 0 aliphatic carbocycles. The number of rotatable bonds is 6. The highest BCUT2D eigenvalue weighted by Crippen LogP contribution is 2.34. The Morgan fingerprint density at radius 3 is 2.45 bits per heavy atom. The van der Waals surface area contributed by atoms with E-state index in [-0.39, 0.29) is 0 Å². The smallest absolute Gasteiger partial charge is 0.165 e. The van der Waals surface area contributed by atoms with Gasteiger partial charge >= 0.3 is 0 Å². The predicted molar refractivity (Wildman–Crippen MR) is 171 cm³/mol. The zero-order chi connectivity index (χ0) is 29.5. The second-order valence-corrected chi connectivity index (χ2v) is 11.5. The first-order valence-corrected chi connectivity index (χ1v) is 15.0. The monoisotopic (exact) mass is 577 g/mol. The molecule has 1 aliphatic heterocycles. The molecule has 0 amide bonds. The summed E-state index contributed by atoms with van der Waals surface area (Å²) in [6.07, 6.45) is 7.58. The molecule has 5 aromatic heterocycles. The third kappa shape index (κ3) is 5.01. The minimum Gasteiger partial charge on any atom is -0.325 e. The van der Waals surface area contributed by atoms with Gasteiger partial charge in [-0.05, 0) is 62.2 Å². The molecule has 1 aliphatic rings. The van der Waals surface area contributed by atoms with Gasteiger partial charge in [-0.2, -0.15) is 9.61 Å². The molecule has 216 valence electrons. The summed E-state index contributed by atoms with van der Waals surface area (Å²) in [6, 6.07) is 27.4. The molecule has 0 atom stereocenters. The standard InChI is InChI=1S/C35H31N9/c1-23-18-31-37-21-29-19-30(25-6-3-2-4-7-25)32(38-35(29)44(31)42-23)26-11-9-24(10-12-26)22-43-16-13-27(14-17-43)33-39-34(41-40-33)28-8-5-15-36-20-28/h2-12,15,18-21,27H,13-14,16-17,22H2,1H3,(H,39,40,41). The van der Waals surface area contributed by atoms with Gasteiger partial charge in [0.15, 0.2) is 17.1 Å². The fourth-order valence-electron chi connectivity index (χ4n) is 6.19. The van der Waals surface area contributed by atoms with Crippen LogP contribution in [0.4, 0.5) is 0 Å². The number of hydrogen-bond donors (Lipinski definition) is 1. The van der Waals surface area contributed by atoms with Crippen molar-refractivity contribution in [2.24, 2.45) is 0 Å². The van der Waals surface area contributed by atoms with E-state index in [9.17, 15) is 0 Å². The quantitative estimate of drug-likeness (QED) is 0.241. The molecule has 8 rings (SSSR count). The average molecular weight is 578 g/mol. The maximum absolute atomic E-state index is 5.20. The molecule has 1 fully saturated rings. The summed E-state index contributed by atoms with van der Waals surface area (Å²) in [5, 5.41) is 14.5. The van der Waals surface area contributed by atoms with E-state index in [0.29, 0.717) is 5.92 Å². The maximum Gasteiger partial charge on any atom is 0.165 e. The molecule has 0 spiro atoms. The summed E-state index contributed by atoms with van der Waals surface area (Å²) in [5.74, 6) is 2.15. The first-order valence-electron chi connectivity index (χ1n) is 15.0. The van der Waals surface area contributed by atoms with Crippen molar-refractivity contribution in [3.63, 3.8) is 0 Å². The van der Waals surface area contributed by atoms with Crippen LogP contribution in [0.2, 0.25) is 0 Å². The topological polar surface area (TPSA) is 101 Å². The van der Waals surface area contributed by atoms with Gasteiger partial charge in [0.2, 0.25) is 0 Å². The van der Waals surface area contributed by atoms with Crippen molar-refractivity contribution >= 4 is 16.7 Å². The highest BCUT2D eigenvalue weighted by molar-refractivity contribution is 5.90. The van der Waals surface area contributed by atoms with Crippen LogP contribution in [0.15, 0.2) is 97.5 Å². The van der Waals surface area contributed by atoms with Crippen molar-refractivity contribution < 1.29 is 0 Å². The fraction of sp³-hybridized carbons (Fsp3) is 0.200. The minimum atomic E-state index is 0.391. The van der Waals surface area contributed by atoms with Gasteiger partial charge < -0.3 is 4.98 Å². The molecule has 2 aromatic carbocycles. The van der Waals surface area contributed by atoms with Gasteiger partial charge in [0.05, 0.1) is 11.4 Å². The summed E-state index contributed by atoms with van der Waals surface area (Å²) < 4.78 is 1.85. The van der Waals surface area contributed by atoms with Crippen LogP contribution in [0, 0.1) is 6.92 Å². The lowest BCUT2D eigenvalue weighted by Crippen LogP contribution is -2.32. The highest BCUT2D eigenvalue weighted by Gasteiger charge is 2.24. The van der Waals surface area contributed by atoms with Crippen LogP contribution in [0.1, 0.15) is 35.8 Å². The van der Waals surface area contributed by atoms with Crippen molar-refractivity contribution in [2.75, 3.05) is 13.1 Å². The highest BCUT2D eigenvalue weighted by atomic mass is 15.3. The summed E-state index contributed by atoms with van der Waals surface area (Å²) >= 11 is 0. The van der Waals surface area contributed by atoms with Crippen LogP contribution < -0.4 is 0 Å². The van der Waals surface area contributed by atoms with E-state index in [1.807, 2.05) is 48.1 Å². The number of nitrogens with zero attached hydrogens (tertiary/aromatic N) is 8. The van der Waals surface area contributed by atoms with Gasteiger partial charge in [0.25, 0.3) is 0 Å². The van der Waals surface area contributed by atoms with E-state index in [1.54, 1.807) is 6.20 Å². The Morgan fingerprint density at radius 1 is 0.841 bits per heavy atom. The van der Waals surface area contributed by atoms with Crippen molar-refractivity contribution in [3.05, 3.63) is 115 Å². The molecule has 44 heavy (non-hydrogen) atoms. The van der Waals surface area contributed by atoms with E-state index in [4.69, 9.17) is 4.98 Å². The van der Waals surface area contributed by atoms with Crippen molar-refractivity contribution in [3.8, 4) is 33.8 Å². The number of hydrogen-bond acceptors (Lipinski definition) is 7. The van der Waals surface area contributed by atoms with E-state index in [0.717, 1.165) is 94.4 Å². The van der Waals surface area contributed by atoms with E-state index in [2.05, 4.69) is 89.7 Å². The SMILES string of the molecule is Cc1cc2ncc3cc(-c4ccccc4)c(-c4ccc(CN5CCC(c6nnc(-c7cccnc7)[nH]6)CC5)cc4)nc3n2n1. The lowest BCUT2D eigenvalue weighted by atomic mass is 9.95. The number of likely N-dealkylation sites (tertiary alicyclic amines) is 1. The Kier molecular flexibility index (Phi) is 6.64. The Balaban J connectivity index is 1.02. The lowest BCUT2D eigenvalue weighted by Gasteiger charge is -2.30. The van der Waals surface area contributed by atoms with Gasteiger partial charge in [-0.3, -0.25) is 9.88 Å². The largest absolute Gasteiger partial charge is 0.325 e. The summed E-state index contributed by atoms with van der Waals surface area (Å²) in [4.78, 5) is 20.0. The Hall–Kier alpha value is -5.28. The van der Waals surface area contributed by atoms with Crippen LogP contribution >= 0.6 is 0 Å². The van der Waals surface area contributed by atoms with Gasteiger partial charge in [-0.25, -0.2) is 9.97 Å². The molecule has 9 nitrogen and oxygen atoms in total. The molecule has 7 aromatic rings. The fourth-order valence-corrected chi connectivity index (χ4v) is 6.19. The van der Waals surface area contributed by atoms with Crippen LogP contribution in [0.5, 0.6) is 0 Å². The molecule has 6 heterocycles. The molecular weight excluding hydrogens is 546 g/mol. The number of aryl methyl sites for hydroxylation is 1. The van der Waals surface area contributed by atoms with Crippen molar-refractivity contribution in [2.45, 2.75) is 32.2 Å². The molecule has 0 unspecified atom stereocenters. The number of H-pyrrole nitrogens is 1. The number of piperidine rings is 1. The number of pyridine rings is 2. The maximum atomic E-state index is 5.20. The van der Waals surface area contributed by atoms with E-state index < -0.39 is 0 Å². The molecule has 0 bridgehead atoms. The van der Waals surface area contributed by atoms with Crippen LogP contribution in [-0.2, 0) is 6.54 Å². The van der Waals surface area contributed by atoms with Crippen LogP contribution in [-0.4, -0.2) is 57.7 Å². The normalized spacial score (nSPS) is 14.5. The number of benzene rings is 2. The molecule has 1 N–H and O–H groups in total. The molecule has 1 saturated heterocycles. The number of aromatic nitrogens is 8. The minimum absolute atomic E-state index is 0.391. The second-order valence-electron chi connectivity index (χ2n) is 11.5. The number of fused-ring (bicyclic) bond motifs is 3. The third-order valence-corrected chi connectivity index (χ3v) is 8.51. The Bertz CT molecular complexity index is 2060. The number of aromatic amines is 1. The summed E-state index contributed by atoms with van der Waals surface area (Å²) in [7, 11) is 0. The summed E-state index contributed by atoms with van der Waals surface area (Å²) in [6.45, 7) is 4.94. The van der Waals surface area contributed by atoms with Crippen molar-refractivity contribution in [1.82, 2.24) is 44.6 Å². The number of nitrogens with one attached hydrogen (secondary N) is 1. The molecular formula is C35H31N9. The zero-order valence-electron chi connectivity index (χ0n) is 24.4. The van der Waals surface area contributed by atoms with E-state index in [1.165, 1.54) is 5.56 Å². The lowest BCUT2D eigenvalue weighted by molar-refractivity contribution is 0.202. The van der Waals surface area contributed by atoms with Gasteiger partial charge in [0.1, 0.15) is 5.82 Å². The zero-order valence-corrected chi connectivity index (χ0v) is 24.4. The molecule has 0 saturated carbocycles. The first kappa shape index (κ1) is 26.4. The van der Waals surface area contributed by atoms with Crippen LogP contribution in [0.3, 0.4) is 0 Å². The van der Waals surface area contributed by atoms with Gasteiger partial charge in [-0.15, -0.1) is 10.2 Å². The first-order chi connectivity index (χ1) is 21.7. The third-order valence-electron chi connectivity index (χ3n) is 8.51. The van der Waals surface area contributed by atoms with E-state index >= 15 is 0 Å². The summed E-state index contributed by atoms with van der Waals surface area (Å²) in [5.41, 5.74) is 9.01. The van der Waals surface area contributed by atoms with Crippen LogP contribution in [0.25, 0.3) is 50.5 Å². The molecule has 9 heteroatoms.